The number of hydrogen-bond donors (Lipinski definition) is 1. The van der Waals surface area contributed by atoms with Crippen molar-refractivity contribution >= 4 is 0 Å². The largest absolute Gasteiger partial charge is 0.309 e. The third-order valence-electron chi connectivity index (χ3n) is 3.97. The topological polar surface area (TPSA) is 12.0 Å². The highest BCUT2D eigenvalue weighted by molar-refractivity contribution is 4.85. The van der Waals surface area contributed by atoms with Crippen LogP contribution in [0, 0.1) is 5.92 Å². The van der Waals surface area contributed by atoms with Gasteiger partial charge in [-0.05, 0) is 38.5 Å². The van der Waals surface area contributed by atoms with Crippen molar-refractivity contribution in [2.45, 2.75) is 85.2 Å². The van der Waals surface area contributed by atoms with Crippen LogP contribution in [0.3, 0.4) is 0 Å². The van der Waals surface area contributed by atoms with Crippen molar-refractivity contribution in [1.29, 1.82) is 0 Å². The highest BCUT2D eigenvalue weighted by atomic mass is 15.0. The number of rotatable bonds is 8. The van der Waals surface area contributed by atoms with Gasteiger partial charge in [0.15, 0.2) is 0 Å². The standard InChI is InChI=1S/C14H31N/c1-7-11-12(5)13(8-2)15-14(6,9-3)10-4/h12-13,15H,7-11H2,1-6H3. The lowest BCUT2D eigenvalue weighted by atomic mass is 9.88. The molecule has 15 heavy (non-hydrogen) atoms. The van der Waals surface area contributed by atoms with Crippen LogP contribution >= 0.6 is 0 Å². The molecule has 1 nitrogen and oxygen atoms in total. The van der Waals surface area contributed by atoms with Crippen molar-refractivity contribution in [3.8, 4) is 0 Å². The zero-order valence-corrected chi connectivity index (χ0v) is 11.7. The molecule has 0 radical (unpaired) electrons. The molecule has 1 N–H and O–H groups in total. The maximum atomic E-state index is 3.86. The normalized spacial score (nSPS) is 16.4. The number of hydrogen-bond acceptors (Lipinski definition) is 1. The zero-order valence-electron chi connectivity index (χ0n) is 11.7. The van der Waals surface area contributed by atoms with E-state index in [1.807, 2.05) is 0 Å². The maximum absolute atomic E-state index is 3.86. The Hall–Kier alpha value is -0.0400. The van der Waals surface area contributed by atoms with E-state index >= 15 is 0 Å². The summed E-state index contributed by atoms with van der Waals surface area (Å²) in [5.41, 5.74) is 0.336. The first kappa shape index (κ1) is 15.0. The smallest absolute Gasteiger partial charge is 0.0150 e. The second-order valence-corrected chi connectivity index (χ2v) is 5.19. The highest BCUT2D eigenvalue weighted by Gasteiger charge is 2.25. The van der Waals surface area contributed by atoms with Crippen LogP contribution in [-0.2, 0) is 0 Å². The highest BCUT2D eigenvalue weighted by Crippen LogP contribution is 2.20. The first-order valence-electron chi connectivity index (χ1n) is 6.80. The van der Waals surface area contributed by atoms with Crippen molar-refractivity contribution in [3.05, 3.63) is 0 Å². The Bertz CT molecular complexity index is 149. The van der Waals surface area contributed by atoms with Gasteiger partial charge < -0.3 is 5.32 Å². The molecular weight excluding hydrogens is 182 g/mol. The van der Waals surface area contributed by atoms with Crippen LogP contribution in [0.25, 0.3) is 0 Å². The molecule has 0 aliphatic carbocycles. The van der Waals surface area contributed by atoms with E-state index in [0.717, 1.165) is 5.92 Å². The van der Waals surface area contributed by atoms with E-state index in [1.54, 1.807) is 0 Å². The summed E-state index contributed by atoms with van der Waals surface area (Å²) in [5.74, 6) is 0.803. The SMILES string of the molecule is CCCC(C)C(CC)NC(C)(CC)CC. The Balaban J connectivity index is 4.29. The number of nitrogens with one attached hydrogen (secondary N) is 1. The van der Waals surface area contributed by atoms with Crippen LogP contribution in [-0.4, -0.2) is 11.6 Å². The molecule has 0 aromatic rings. The van der Waals surface area contributed by atoms with Gasteiger partial charge in [-0.1, -0.05) is 41.0 Å². The van der Waals surface area contributed by atoms with E-state index in [2.05, 4.69) is 46.9 Å². The molecule has 0 aliphatic rings. The maximum Gasteiger partial charge on any atom is 0.0150 e. The molecule has 0 saturated carbocycles. The molecule has 2 unspecified atom stereocenters. The lowest BCUT2D eigenvalue weighted by Gasteiger charge is -2.36. The summed E-state index contributed by atoms with van der Waals surface area (Å²) < 4.78 is 0. The molecule has 0 spiro atoms. The van der Waals surface area contributed by atoms with Gasteiger partial charge in [-0.25, -0.2) is 0 Å². The van der Waals surface area contributed by atoms with E-state index in [-0.39, 0.29) is 0 Å². The predicted molar refractivity (Wildman–Crippen MR) is 70.3 cm³/mol. The molecule has 0 amide bonds. The quantitative estimate of drug-likeness (QED) is 0.631. The summed E-state index contributed by atoms with van der Waals surface area (Å²) in [4.78, 5) is 0. The lowest BCUT2D eigenvalue weighted by Crippen LogP contribution is -2.49. The molecule has 0 aromatic heterocycles. The molecule has 0 aliphatic heterocycles. The van der Waals surface area contributed by atoms with E-state index in [4.69, 9.17) is 0 Å². The average molecular weight is 213 g/mol. The van der Waals surface area contributed by atoms with E-state index in [1.165, 1.54) is 32.1 Å². The van der Waals surface area contributed by atoms with Gasteiger partial charge in [-0.3, -0.25) is 0 Å². The minimum absolute atomic E-state index is 0.336. The first-order valence-corrected chi connectivity index (χ1v) is 6.80. The van der Waals surface area contributed by atoms with Crippen molar-refractivity contribution in [1.82, 2.24) is 5.32 Å². The van der Waals surface area contributed by atoms with Gasteiger partial charge in [0, 0.05) is 11.6 Å². The summed E-state index contributed by atoms with van der Waals surface area (Å²) in [7, 11) is 0. The Morgan fingerprint density at radius 2 is 1.60 bits per heavy atom. The van der Waals surface area contributed by atoms with E-state index in [9.17, 15) is 0 Å². The fraction of sp³-hybridized carbons (Fsp3) is 1.00. The van der Waals surface area contributed by atoms with Gasteiger partial charge in [-0.15, -0.1) is 0 Å². The molecule has 0 rings (SSSR count). The fourth-order valence-electron chi connectivity index (χ4n) is 2.20. The molecular formula is C14H31N. The van der Waals surface area contributed by atoms with Gasteiger partial charge in [0.05, 0.1) is 0 Å². The Labute approximate surface area is 97.0 Å². The third kappa shape index (κ3) is 5.01. The third-order valence-corrected chi connectivity index (χ3v) is 3.97. The average Bonchev–Trinajstić information content (AvgIpc) is 2.26. The summed E-state index contributed by atoms with van der Waals surface area (Å²) in [6.07, 6.45) is 6.33. The molecule has 0 bridgehead atoms. The molecule has 0 heterocycles. The van der Waals surface area contributed by atoms with Gasteiger partial charge >= 0.3 is 0 Å². The summed E-state index contributed by atoms with van der Waals surface area (Å²) in [6, 6.07) is 0.690. The van der Waals surface area contributed by atoms with Crippen LogP contribution in [0.5, 0.6) is 0 Å². The summed E-state index contributed by atoms with van der Waals surface area (Å²) in [6.45, 7) is 13.9. The lowest BCUT2D eigenvalue weighted by molar-refractivity contribution is 0.234. The van der Waals surface area contributed by atoms with Gasteiger partial charge in [0.25, 0.3) is 0 Å². The Morgan fingerprint density at radius 1 is 1.07 bits per heavy atom. The van der Waals surface area contributed by atoms with Crippen LogP contribution in [0.1, 0.15) is 73.6 Å². The van der Waals surface area contributed by atoms with Gasteiger partial charge in [0.1, 0.15) is 0 Å². The summed E-state index contributed by atoms with van der Waals surface area (Å²) >= 11 is 0. The van der Waals surface area contributed by atoms with Gasteiger partial charge in [-0.2, -0.15) is 0 Å². The van der Waals surface area contributed by atoms with Crippen molar-refractivity contribution < 1.29 is 0 Å². The first-order chi connectivity index (χ1) is 7.02. The van der Waals surface area contributed by atoms with Crippen LogP contribution < -0.4 is 5.32 Å². The van der Waals surface area contributed by atoms with Crippen LogP contribution in [0.4, 0.5) is 0 Å². The molecule has 1 heteroatoms. The predicted octanol–water partition coefficient (Wildman–Crippen LogP) is 4.37. The second kappa shape index (κ2) is 7.27. The molecule has 92 valence electrons. The minimum atomic E-state index is 0.336. The minimum Gasteiger partial charge on any atom is -0.309 e. The van der Waals surface area contributed by atoms with Crippen molar-refractivity contribution in [2.24, 2.45) is 5.92 Å². The Kier molecular flexibility index (Phi) is 7.25. The van der Waals surface area contributed by atoms with E-state index < -0.39 is 0 Å². The zero-order chi connectivity index (χ0) is 11.9. The van der Waals surface area contributed by atoms with Crippen molar-refractivity contribution in [3.63, 3.8) is 0 Å². The van der Waals surface area contributed by atoms with E-state index in [0.29, 0.717) is 11.6 Å². The van der Waals surface area contributed by atoms with Crippen LogP contribution in [0.2, 0.25) is 0 Å². The molecule has 0 fully saturated rings. The van der Waals surface area contributed by atoms with Gasteiger partial charge in [0.2, 0.25) is 0 Å². The van der Waals surface area contributed by atoms with Crippen molar-refractivity contribution in [2.75, 3.05) is 0 Å². The molecule has 0 saturated heterocycles. The molecule has 0 aromatic carbocycles. The van der Waals surface area contributed by atoms with Crippen LogP contribution in [0.15, 0.2) is 0 Å². The summed E-state index contributed by atoms with van der Waals surface area (Å²) in [5, 5.41) is 3.86. The monoisotopic (exact) mass is 213 g/mol. The fourth-order valence-corrected chi connectivity index (χ4v) is 2.20. The Morgan fingerprint density at radius 3 is 1.93 bits per heavy atom. The molecule has 2 atom stereocenters. The second-order valence-electron chi connectivity index (χ2n) is 5.19.